The van der Waals surface area contributed by atoms with E-state index in [1.165, 1.54) is 0 Å². The summed E-state index contributed by atoms with van der Waals surface area (Å²) in [5.74, 6) is 0.181. The summed E-state index contributed by atoms with van der Waals surface area (Å²) in [6, 6.07) is 17.1. The highest BCUT2D eigenvalue weighted by Crippen LogP contribution is 2.45. The Balaban J connectivity index is 2.09. The lowest BCUT2D eigenvalue weighted by Crippen LogP contribution is -2.43. The zero-order valence-corrected chi connectivity index (χ0v) is 11.9. The fourth-order valence-corrected chi connectivity index (χ4v) is 3.43. The fraction of sp³-hybridized carbons (Fsp3) is 0.278. The molecule has 0 atom stereocenters. The SMILES string of the molecule is O=CN(c1cccc(O)c1)C1(c2ccccc2)CCCC1. The van der Waals surface area contributed by atoms with Gasteiger partial charge in [-0.1, -0.05) is 49.2 Å². The number of anilines is 1. The molecule has 0 bridgehead atoms. The Morgan fingerprint density at radius 1 is 1.00 bits per heavy atom. The first-order valence-corrected chi connectivity index (χ1v) is 7.35. The summed E-state index contributed by atoms with van der Waals surface area (Å²) >= 11 is 0. The maximum absolute atomic E-state index is 11.8. The second kappa shape index (κ2) is 5.60. The van der Waals surface area contributed by atoms with Gasteiger partial charge in [0.1, 0.15) is 5.75 Å². The molecule has 1 aliphatic rings. The lowest BCUT2D eigenvalue weighted by Gasteiger charge is -2.39. The Kier molecular flexibility index (Phi) is 3.65. The first kappa shape index (κ1) is 13.7. The van der Waals surface area contributed by atoms with Crippen molar-refractivity contribution in [2.75, 3.05) is 4.90 Å². The molecular weight excluding hydrogens is 262 g/mol. The normalized spacial score (nSPS) is 16.6. The number of phenolic OH excluding ortho intramolecular Hbond substituents is 1. The molecule has 0 aliphatic heterocycles. The van der Waals surface area contributed by atoms with E-state index in [0.717, 1.165) is 43.3 Å². The maximum Gasteiger partial charge on any atom is 0.214 e. The summed E-state index contributed by atoms with van der Waals surface area (Å²) in [5.41, 5.74) is 1.62. The summed E-state index contributed by atoms with van der Waals surface area (Å²) in [7, 11) is 0. The Bertz CT molecular complexity index is 618. The molecule has 1 saturated carbocycles. The molecule has 1 aliphatic carbocycles. The summed E-state index contributed by atoms with van der Waals surface area (Å²) in [5, 5.41) is 9.71. The molecule has 21 heavy (non-hydrogen) atoms. The van der Waals surface area contributed by atoms with Crippen LogP contribution < -0.4 is 4.90 Å². The van der Waals surface area contributed by atoms with E-state index in [9.17, 15) is 9.90 Å². The molecule has 0 heterocycles. The van der Waals surface area contributed by atoms with Crippen molar-refractivity contribution in [3.05, 3.63) is 60.2 Å². The molecule has 3 nitrogen and oxygen atoms in total. The molecule has 2 aromatic carbocycles. The van der Waals surface area contributed by atoms with Crippen molar-refractivity contribution < 1.29 is 9.90 Å². The summed E-state index contributed by atoms with van der Waals surface area (Å²) < 4.78 is 0. The van der Waals surface area contributed by atoms with Gasteiger partial charge in [0, 0.05) is 11.8 Å². The molecule has 3 rings (SSSR count). The van der Waals surface area contributed by atoms with Gasteiger partial charge in [-0.25, -0.2) is 0 Å². The van der Waals surface area contributed by atoms with E-state index in [2.05, 4.69) is 12.1 Å². The largest absolute Gasteiger partial charge is 0.508 e. The third-order valence-electron chi connectivity index (χ3n) is 4.42. The molecule has 0 saturated heterocycles. The number of aromatic hydroxyl groups is 1. The van der Waals surface area contributed by atoms with Gasteiger partial charge in [0.05, 0.1) is 5.54 Å². The highest BCUT2D eigenvalue weighted by molar-refractivity contribution is 5.78. The first-order chi connectivity index (χ1) is 10.3. The topological polar surface area (TPSA) is 40.5 Å². The zero-order valence-electron chi connectivity index (χ0n) is 11.9. The molecule has 0 spiro atoms. The minimum absolute atomic E-state index is 0.181. The van der Waals surface area contributed by atoms with Gasteiger partial charge >= 0.3 is 0 Å². The summed E-state index contributed by atoms with van der Waals surface area (Å²) in [6.45, 7) is 0. The number of rotatable bonds is 4. The summed E-state index contributed by atoms with van der Waals surface area (Å²) in [4.78, 5) is 13.6. The van der Waals surface area contributed by atoms with Crippen LogP contribution in [0.25, 0.3) is 0 Å². The molecule has 0 aromatic heterocycles. The van der Waals surface area contributed by atoms with Gasteiger partial charge in [-0.05, 0) is 30.5 Å². The third kappa shape index (κ3) is 2.40. The number of amides is 1. The van der Waals surface area contributed by atoms with Gasteiger partial charge in [-0.15, -0.1) is 0 Å². The minimum Gasteiger partial charge on any atom is -0.508 e. The molecule has 1 N–H and O–H groups in total. The lowest BCUT2D eigenvalue weighted by atomic mass is 9.86. The average Bonchev–Trinajstić information content (AvgIpc) is 3.00. The zero-order chi connectivity index (χ0) is 14.7. The average molecular weight is 281 g/mol. The predicted octanol–water partition coefficient (Wildman–Crippen LogP) is 3.82. The van der Waals surface area contributed by atoms with E-state index < -0.39 is 0 Å². The number of nitrogens with zero attached hydrogens (tertiary/aromatic N) is 1. The van der Waals surface area contributed by atoms with Crippen LogP contribution in [0.2, 0.25) is 0 Å². The van der Waals surface area contributed by atoms with E-state index in [-0.39, 0.29) is 11.3 Å². The van der Waals surface area contributed by atoms with Crippen molar-refractivity contribution in [2.24, 2.45) is 0 Å². The first-order valence-electron chi connectivity index (χ1n) is 7.35. The number of carbonyl (C=O) groups is 1. The number of phenols is 1. The van der Waals surface area contributed by atoms with Crippen LogP contribution in [0.15, 0.2) is 54.6 Å². The minimum atomic E-state index is -0.295. The Morgan fingerprint density at radius 2 is 1.71 bits per heavy atom. The van der Waals surface area contributed by atoms with Crippen LogP contribution in [0.4, 0.5) is 5.69 Å². The van der Waals surface area contributed by atoms with E-state index in [1.807, 2.05) is 24.3 Å². The predicted molar refractivity (Wildman–Crippen MR) is 83.2 cm³/mol. The van der Waals surface area contributed by atoms with Crippen LogP contribution in [0.1, 0.15) is 31.2 Å². The summed E-state index contributed by atoms with van der Waals surface area (Å²) in [6.07, 6.45) is 5.01. The number of carbonyl (C=O) groups excluding carboxylic acids is 1. The van der Waals surface area contributed by atoms with Crippen molar-refractivity contribution in [3.63, 3.8) is 0 Å². The molecule has 2 aromatic rings. The van der Waals surface area contributed by atoms with Crippen LogP contribution in [-0.4, -0.2) is 11.5 Å². The van der Waals surface area contributed by atoms with Gasteiger partial charge in [0.15, 0.2) is 0 Å². The van der Waals surface area contributed by atoms with E-state index in [0.29, 0.717) is 0 Å². The Labute approximate surface area is 124 Å². The van der Waals surface area contributed by atoms with Gasteiger partial charge in [-0.3, -0.25) is 4.79 Å². The molecule has 3 heteroatoms. The number of benzene rings is 2. The Hall–Kier alpha value is -2.29. The van der Waals surface area contributed by atoms with Crippen LogP contribution in [0.3, 0.4) is 0 Å². The Morgan fingerprint density at radius 3 is 2.33 bits per heavy atom. The van der Waals surface area contributed by atoms with Crippen LogP contribution >= 0.6 is 0 Å². The maximum atomic E-state index is 11.8. The monoisotopic (exact) mass is 281 g/mol. The van der Waals surface area contributed by atoms with Crippen molar-refractivity contribution in [3.8, 4) is 5.75 Å². The molecule has 0 unspecified atom stereocenters. The van der Waals surface area contributed by atoms with Gasteiger partial charge < -0.3 is 10.0 Å². The van der Waals surface area contributed by atoms with Crippen molar-refractivity contribution in [2.45, 2.75) is 31.2 Å². The second-order valence-electron chi connectivity index (χ2n) is 5.60. The van der Waals surface area contributed by atoms with Gasteiger partial charge in [0.2, 0.25) is 6.41 Å². The van der Waals surface area contributed by atoms with Crippen LogP contribution in [0.5, 0.6) is 5.75 Å². The molecule has 1 amide bonds. The van der Waals surface area contributed by atoms with Crippen LogP contribution in [0, 0.1) is 0 Å². The number of hydrogen-bond acceptors (Lipinski definition) is 2. The van der Waals surface area contributed by atoms with Crippen LogP contribution in [-0.2, 0) is 10.3 Å². The van der Waals surface area contributed by atoms with Crippen molar-refractivity contribution in [1.82, 2.24) is 0 Å². The van der Waals surface area contributed by atoms with Crippen molar-refractivity contribution in [1.29, 1.82) is 0 Å². The molecule has 1 fully saturated rings. The standard InChI is InChI=1S/C18H19NO2/c20-14-19(16-9-6-10-17(21)13-16)18(11-4-5-12-18)15-7-2-1-3-8-15/h1-3,6-10,13-14,21H,4-5,11-12H2. The number of hydrogen-bond donors (Lipinski definition) is 1. The fourth-order valence-electron chi connectivity index (χ4n) is 3.43. The highest BCUT2D eigenvalue weighted by atomic mass is 16.3. The molecule has 0 radical (unpaired) electrons. The quantitative estimate of drug-likeness (QED) is 0.865. The molecule has 108 valence electrons. The van der Waals surface area contributed by atoms with Crippen molar-refractivity contribution >= 4 is 12.1 Å². The van der Waals surface area contributed by atoms with E-state index in [1.54, 1.807) is 23.1 Å². The lowest BCUT2D eigenvalue weighted by molar-refractivity contribution is -0.108. The smallest absolute Gasteiger partial charge is 0.214 e. The highest BCUT2D eigenvalue weighted by Gasteiger charge is 2.41. The van der Waals surface area contributed by atoms with Gasteiger partial charge in [0.25, 0.3) is 0 Å². The second-order valence-corrected chi connectivity index (χ2v) is 5.60. The van der Waals surface area contributed by atoms with Gasteiger partial charge in [-0.2, -0.15) is 0 Å². The van der Waals surface area contributed by atoms with E-state index >= 15 is 0 Å². The molecular formula is C18H19NO2. The third-order valence-corrected chi connectivity index (χ3v) is 4.42. The van der Waals surface area contributed by atoms with E-state index in [4.69, 9.17) is 0 Å².